The zero-order valence-corrected chi connectivity index (χ0v) is 19.1. The Morgan fingerprint density at radius 1 is 1.17 bits per heavy atom. The number of pyridine rings is 2. The second-order valence-corrected chi connectivity index (χ2v) is 8.07. The summed E-state index contributed by atoms with van der Waals surface area (Å²) in [5, 5.41) is 14.1. The normalized spacial score (nSPS) is 15.9. The van der Waals surface area contributed by atoms with E-state index in [-0.39, 0.29) is 46.3 Å². The van der Waals surface area contributed by atoms with Gasteiger partial charge in [0.05, 0.1) is 16.7 Å². The molecule has 36 heavy (non-hydrogen) atoms. The predicted octanol–water partition coefficient (Wildman–Crippen LogP) is 3.56. The van der Waals surface area contributed by atoms with Crippen LogP contribution in [0.5, 0.6) is 5.75 Å². The van der Waals surface area contributed by atoms with Crippen LogP contribution in [-0.4, -0.2) is 33.8 Å². The predicted molar refractivity (Wildman–Crippen MR) is 127 cm³/mol. The number of urea groups is 1. The number of nitrogens with one attached hydrogen (secondary N) is 2. The van der Waals surface area contributed by atoms with Gasteiger partial charge in [0.15, 0.2) is 5.78 Å². The lowest BCUT2D eigenvalue weighted by Gasteiger charge is -2.15. The molecule has 2 aromatic heterocycles. The molecule has 1 aliphatic carbocycles. The van der Waals surface area contributed by atoms with E-state index in [1.54, 1.807) is 6.92 Å². The molecule has 1 aromatic carbocycles. The molecule has 4 rings (SSSR count). The Kier molecular flexibility index (Phi) is 6.87. The van der Waals surface area contributed by atoms with Crippen molar-refractivity contribution in [2.45, 2.75) is 31.7 Å². The molecule has 1 aliphatic rings. The van der Waals surface area contributed by atoms with Gasteiger partial charge < -0.3 is 15.8 Å². The highest BCUT2D eigenvalue weighted by molar-refractivity contribution is 6.01. The number of amides is 2. The van der Waals surface area contributed by atoms with Gasteiger partial charge in [0.1, 0.15) is 29.3 Å². The minimum absolute atomic E-state index is 0.0350. The highest BCUT2D eigenvalue weighted by Gasteiger charge is 2.44. The Labute approximate surface area is 205 Å². The van der Waals surface area contributed by atoms with Crippen LogP contribution in [-0.2, 0) is 0 Å². The van der Waals surface area contributed by atoms with Gasteiger partial charge >= 0.3 is 12.0 Å². The quantitative estimate of drug-likeness (QED) is 0.258. The number of anilines is 2. The number of nitrogen functional groups attached to an aromatic ring is 1. The molecule has 0 spiro atoms. The van der Waals surface area contributed by atoms with Crippen molar-refractivity contribution in [2.75, 3.05) is 11.1 Å². The topological polar surface area (TPSA) is 160 Å². The van der Waals surface area contributed by atoms with Crippen LogP contribution in [0.1, 0.15) is 57.5 Å². The highest BCUT2D eigenvalue weighted by atomic mass is 19.1. The third kappa shape index (κ3) is 5.28. The molecular weight excluding hydrogens is 467 g/mol. The monoisotopic (exact) mass is 488 g/mol. The van der Waals surface area contributed by atoms with E-state index in [0.717, 1.165) is 6.07 Å². The molecule has 0 unspecified atom stereocenters. The van der Waals surface area contributed by atoms with Crippen LogP contribution in [0.4, 0.5) is 20.8 Å². The first-order valence-electron chi connectivity index (χ1n) is 11.0. The second kappa shape index (κ2) is 10.2. The Hall–Kier alpha value is -4.85. The molecule has 4 N–H and O–H groups in total. The van der Waals surface area contributed by atoms with Crippen LogP contribution in [0.15, 0.2) is 48.8 Å². The number of nitriles is 1. The maximum absolute atomic E-state index is 15.0. The number of nitrogens with zero attached hydrogens (tertiary/aromatic N) is 3. The Balaban J connectivity index is 1.55. The summed E-state index contributed by atoms with van der Waals surface area (Å²) in [7, 11) is 0. The number of ether oxygens (including phenoxy) is 1. The molecule has 0 saturated heterocycles. The number of carbonyl (C=O) groups is 3. The minimum atomic E-state index is -0.825. The number of benzene rings is 1. The standard InChI is InChI=1S/C25H21FN6O4/c1-2-19(33)15-5-6-17(26)22(23(15)36-24(34)14-4-7-20(28)29-12-14)16-9-18(16)31-25(35)32-21-8-3-13(10-27)11-30-21/h3-8,11-12,16,18H,2,9H2,1H3,(H2,28,29)(H2,30,31,32,35)/t16-,18+/m0/s1. The van der Waals surface area contributed by atoms with Crippen LogP contribution >= 0.6 is 0 Å². The number of hydrogen-bond donors (Lipinski definition) is 3. The molecule has 182 valence electrons. The fourth-order valence-corrected chi connectivity index (χ4v) is 3.65. The number of halogens is 1. The maximum atomic E-state index is 15.0. The first-order chi connectivity index (χ1) is 17.3. The lowest BCUT2D eigenvalue weighted by Crippen LogP contribution is -2.31. The summed E-state index contributed by atoms with van der Waals surface area (Å²) in [5.41, 5.74) is 6.09. The smallest absolute Gasteiger partial charge is 0.345 e. The van der Waals surface area contributed by atoms with Gasteiger partial charge in [0.2, 0.25) is 0 Å². The Morgan fingerprint density at radius 2 is 1.97 bits per heavy atom. The number of hydrogen-bond acceptors (Lipinski definition) is 8. The zero-order chi connectivity index (χ0) is 25.8. The number of nitrogens with two attached hydrogens (primary N) is 1. The number of rotatable bonds is 7. The van der Waals surface area contributed by atoms with Crippen molar-refractivity contribution in [1.29, 1.82) is 5.26 Å². The third-order valence-corrected chi connectivity index (χ3v) is 5.59. The van der Waals surface area contributed by atoms with Gasteiger partial charge in [0.25, 0.3) is 0 Å². The SMILES string of the molecule is CCC(=O)c1ccc(F)c([C@H]2C[C@H]2NC(=O)Nc2ccc(C#N)cn2)c1OC(=O)c1ccc(N)nc1. The second-order valence-electron chi connectivity index (χ2n) is 8.07. The number of esters is 1. The fraction of sp³-hybridized carbons (Fsp3) is 0.200. The van der Waals surface area contributed by atoms with E-state index in [4.69, 9.17) is 15.7 Å². The summed E-state index contributed by atoms with van der Waals surface area (Å²) in [4.78, 5) is 45.5. The summed E-state index contributed by atoms with van der Waals surface area (Å²) in [6.45, 7) is 1.64. The van der Waals surface area contributed by atoms with E-state index in [1.807, 2.05) is 6.07 Å². The van der Waals surface area contributed by atoms with E-state index < -0.39 is 29.8 Å². The van der Waals surface area contributed by atoms with E-state index >= 15 is 4.39 Å². The van der Waals surface area contributed by atoms with Gasteiger partial charge in [-0.25, -0.2) is 23.9 Å². The molecule has 0 radical (unpaired) electrons. The first kappa shape index (κ1) is 24.3. The number of aromatic nitrogens is 2. The van der Waals surface area contributed by atoms with Gasteiger partial charge in [0, 0.05) is 36.3 Å². The molecule has 2 atom stereocenters. The minimum Gasteiger partial charge on any atom is -0.422 e. The molecule has 10 nitrogen and oxygen atoms in total. The number of carbonyl (C=O) groups excluding carboxylic acids is 3. The Bertz CT molecular complexity index is 1370. The third-order valence-electron chi connectivity index (χ3n) is 5.59. The highest BCUT2D eigenvalue weighted by Crippen LogP contribution is 2.47. The lowest BCUT2D eigenvalue weighted by molar-refractivity contribution is 0.0729. The number of Topliss-reactive ketones (excluding diaryl/α,β-unsaturated/α-hetero) is 1. The van der Waals surface area contributed by atoms with Gasteiger partial charge in [-0.2, -0.15) is 5.26 Å². The lowest BCUT2D eigenvalue weighted by atomic mass is 10.00. The van der Waals surface area contributed by atoms with Crippen LogP contribution in [0.2, 0.25) is 0 Å². The molecule has 3 aromatic rings. The molecule has 1 saturated carbocycles. The number of ketones is 1. The molecule has 0 aliphatic heterocycles. The van der Waals surface area contributed by atoms with Crippen molar-refractivity contribution in [2.24, 2.45) is 0 Å². The van der Waals surface area contributed by atoms with Crippen molar-refractivity contribution in [1.82, 2.24) is 15.3 Å². The van der Waals surface area contributed by atoms with Gasteiger partial charge in [-0.3, -0.25) is 10.1 Å². The van der Waals surface area contributed by atoms with Crippen molar-refractivity contribution in [3.8, 4) is 11.8 Å². The largest absolute Gasteiger partial charge is 0.422 e. The zero-order valence-electron chi connectivity index (χ0n) is 19.1. The summed E-state index contributed by atoms with van der Waals surface area (Å²) >= 11 is 0. The van der Waals surface area contributed by atoms with E-state index in [2.05, 4.69) is 20.6 Å². The van der Waals surface area contributed by atoms with Crippen LogP contribution in [0.3, 0.4) is 0 Å². The average Bonchev–Trinajstić information content (AvgIpc) is 3.62. The van der Waals surface area contributed by atoms with E-state index in [9.17, 15) is 14.4 Å². The van der Waals surface area contributed by atoms with Gasteiger partial charge in [-0.15, -0.1) is 0 Å². The molecule has 11 heteroatoms. The summed E-state index contributed by atoms with van der Waals surface area (Å²) in [6, 6.07) is 9.13. The average molecular weight is 488 g/mol. The molecule has 2 amide bonds. The summed E-state index contributed by atoms with van der Waals surface area (Å²) in [5.74, 6) is -2.07. The van der Waals surface area contributed by atoms with Crippen molar-refractivity contribution < 1.29 is 23.5 Å². The first-order valence-corrected chi connectivity index (χ1v) is 11.0. The van der Waals surface area contributed by atoms with Crippen molar-refractivity contribution >= 4 is 29.4 Å². The van der Waals surface area contributed by atoms with Crippen LogP contribution in [0.25, 0.3) is 0 Å². The van der Waals surface area contributed by atoms with Crippen LogP contribution in [0, 0.1) is 17.1 Å². The van der Waals surface area contributed by atoms with Crippen molar-refractivity contribution in [3.63, 3.8) is 0 Å². The van der Waals surface area contributed by atoms with Gasteiger partial charge in [-0.05, 0) is 42.8 Å². The van der Waals surface area contributed by atoms with Crippen LogP contribution < -0.4 is 21.1 Å². The van der Waals surface area contributed by atoms with Crippen molar-refractivity contribution in [3.05, 3.63) is 76.9 Å². The Morgan fingerprint density at radius 3 is 2.61 bits per heavy atom. The summed E-state index contributed by atoms with van der Waals surface area (Å²) < 4.78 is 20.6. The molecular formula is C25H21FN6O4. The molecule has 0 bridgehead atoms. The molecule has 1 fully saturated rings. The maximum Gasteiger partial charge on any atom is 0.345 e. The van der Waals surface area contributed by atoms with E-state index in [0.29, 0.717) is 12.0 Å². The summed E-state index contributed by atoms with van der Waals surface area (Å²) in [6.07, 6.45) is 3.02. The fourth-order valence-electron chi connectivity index (χ4n) is 3.65. The van der Waals surface area contributed by atoms with E-state index in [1.165, 1.54) is 42.7 Å². The molecule has 2 heterocycles. The van der Waals surface area contributed by atoms with Gasteiger partial charge in [-0.1, -0.05) is 6.92 Å².